The standard InChI is InChI=1S/C13H12F3N3/c1-9-7-11(13(14,15)16)12(19-18-9)17-8-10-5-3-2-4-6-10/h2-7H,8H2,1H3,(H,17,19). The zero-order chi connectivity index (χ0) is 13.9. The van der Waals surface area contributed by atoms with Crippen LogP contribution >= 0.6 is 0 Å². The summed E-state index contributed by atoms with van der Waals surface area (Å²) in [7, 11) is 0. The Bertz CT molecular complexity index is 553. The van der Waals surface area contributed by atoms with E-state index in [0.717, 1.165) is 11.6 Å². The monoisotopic (exact) mass is 267 g/mol. The molecule has 0 spiro atoms. The van der Waals surface area contributed by atoms with Crippen LogP contribution < -0.4 is 5.32 Å². The lowest BCUT2D eigenvalue weighted by atomic mass is 10.2. The molecule has 19 heavy (non-hydrogen) atoms. The Morgan fingerprint density at radius 3 is 2.42 bits per heavy atom. The van der Waals surface area contributed by atoms with Crippen LogP contribution in [-0.4, -0.2) is 10.2 Å². The highest BCUT2D eigenvalue weighted by atomic mass is 19.4. The van der Waals surface area contributed by atoms with Gasteiger partial charge in [0.25, 0.3) is 0 Å². The summed E-state index contributed by atoms with van der Waals surface area (Å²) >= 11 is 0. The van der Waals surface area contributed by atoms with E-state index < -0.39 is 11.7 Å². The fourth-order valence-corrected chi connectivity index (χ4v) is 1.62. The molecule has 3 nitrogen and oxygen atoms in total. The molecule has 0 amide bonds. The smallest absolute Gasteiger partial charge is 0.364 e. The van der Waals surface area contributed by atoms with Crippen LogP contribution in [0.15, 0.2) is 36.4 Å². The number of benzene rings is 1. The average molecular weight is 267 g/mol. The third-order valence-electron chi connectivity index (χ3n) is 2.52. The van der Waals surface area contributed by atoms with E-state index in [1.165, 1.54) is 6.92 Å². The lowest BCUT2D eigenvalue weighted by molar-refractivity contribution is -0.137. The summed E-state index contributed by atoms with van der Waals surface area (Å²) in [4.78, 5) is 0. The number of alkyl halides is 3. The van der Waals surface area contributed by atoms with Gasteiger partial charge in [0.15, 0.2) is 5.82 Å². The van der Waals surface area contributed by atoms with E-state index >= 15 is 0 Å². The van der Waals surface area contributed by atoms with Gasteiger partial charge in [0.2, 0.25) is 0 Å². The first-order valence-corrected chi connectivity index (χ1v) is 5.66. The fraction of sp³-hybridized carbons (Fsp3) is 0.231. The van der Waals surface area contributed by atoms with Gasteiger partial charge in [0.1, 0.15) is 5.56 Å². The summed E-state index contributed by atoms with van der Waals surface area (Å²) in [5.41, 5.74) is 0.312. The Labute approximate surface area is 108 Å². The largest absolute Gasteiger partial charge is 0.420 e. The normalized spacial score (nSPS) is 11.4. The van der Waals surface area contributed by atoms with Crippen molar-refractivity contribution in [3.8, 4) is 0 Å². The van der Waals surface area contributed by atoms with E-state index in [9.17, 15) is 13.2 Å². The molecule has 0 aliphatic carbocycles. The van der Waals surface area contributed by atoms with Crippen molar-refractivity contribution in [2.45, 2.75) is 19.6 Å². The fourth-order valence-electron chi connectivity index (χ4n) is 1.62. The van der Waals surface area contributed by atoms with Crippen LogP contribution in [0.25, 0.3) is 0 Å². The summed E-state index contributed by atoms with van der Waals surface area (Å²) in [6.45, 7) is 1.74. The molecule has 0 atom stereocenters. The number of rotatable bonds is 3. The Kier molecular flexibility index (Phi) is 3.69. The maximum atomic E-state index is 12.8. The van der Waals surface area contributed by atoms with Gasteiger partial charge in [-0.15, -0.1) is 5.10 Å². The minimum absolute atomic E-state index is 0.234. The predicted molar refractivity (Wildman–Crippen MR) is 65.5 cm³/mol. The van der Waals surface area contributed by atoms with Crippen LogP contribution in [0.2, 0.25) is 0 Å². The molecular weight excluding hydrogens is 255 g/mol. The quantitative estimate of drug-likeness (QED) is 0.926. The Hall–Kier alpha value is -2.11. The Balaban J connectivity index is 2.21. The zero-order valence-electron chi connectivity index (χ0n) is 10.2. The van der Waals surface area contributed by atoms with Gasteiger partial charge in [0, 0.05) is 6.54 Å². The number of nitrogens with one attached hydrogen (secondary N) is 1. The van der Waals surface area contributed by atoms with Crippen LogP contribution in [0.1, 0.15) is 16.8 Å². The highest BCUT2D eigenvalue weighted by Crippen LogP contribution is 2.33. The summed E-state index contributed by atoms with van der Waals surface area (Å²) < 4.78 is 38.5. The van der Waals surface area contributed by atoms with Gasteiger partial charge in [-0.25, -0.2) is 0 Å². The van der Waals surface area contributed by atoms with E-state index in [4.69, 9.17) is 0 Å². The van der Waals surface area contributed by atoms with Crippen LogP contribution in [0.5, 0.6) is 0 Å². The molecule has 0 saturated heterocycles. The number of nitrogens with zero attached hydrogens (tertiary/aromatic N) is 2. The molecule has 1 heterocycles. The van der Waals surface area contributed by atoms with Gasteiger partial charge in [-0.2, -0.15) is 18.3 Å². The van der Waals surface area contributed by atoms with E-state index in [2.05, 4.69) is 15.5 Å². The molecule has 6 heteroatoms. The van der Waals surface area contributed by atoms with E-state index in [1.807, 2.05) is 30.3 Å². The average Bonchev–Trinajstić information content (AvgIpc) is 2.37. The number of hydrogen-bond donors (Lipinski definition) is 1. The number of anilines is 1. The van der Waals surface area contributed by atoms with Crippen molar-refractivity contribution in [1.29, 1.82) is 0 Å². The van der Waals surface area contributed by atoms with Crippen molar-refractivity contribution in [3.05, 3.63) is 53.2 Å². The molecule has 0 saturated carbocycles. The number of halogens is 3. The maximum Gasteiger partial charge on any atom is 0.420 e. The van der Waals surface area contributed by atoms with Crippen LogP contribution in [-0.2, 0) is 12.7 Å². The molecule has 0 fully saturated rings. The molecule has 0 bridgehead atoms. The van der Waals surface area contributed by atoms with Gasteiger partial charge < -0.3 is 5.32 Å². The second-order valence-corrected chi connectivity index (χ2v) is 4.08. The number of hydrogen-bond acceptors (Lipinski definition) is 3. The second-order valence-electron chi connectivity index (χ2n) is 4.08. The summed E-state index contributed by atoms with van der Waals surface area (Å²) in [5, 5.41) is 9.90. The Morgan fingerprint density at radius 1 is 1.11 bits per heavy atom. The van der Waals surface area contributed by atoms with Crippen LogP contribution in [0, 0.1) is 6.92 Å². The van der Waals surface area contributed by atoms with Crippen molar-refractivity contribution in [3.63, 3.8) is 0 Å². The van der Waals surface area contributed by atoms with E-state index in [0.29, 0.717) is 0 Å². The molecular formula is C13H12F3N3. The van der Waals surface area contributed by atoms with Gasteiger partial charge >= 0.3 is 6.18 Å². The van der Waals surface area contributed by atoms with Crippen molar-refractivity contribution in [2.24, 2.45) is 0 Å². The molecule has 1 N–H and O–H groups in total. The topological polar surface area (TPSA) is 37.8 Å². The number of aryl methyl sites for hydroxylation is 1. The molecule has 100 valence electrons. The van der Waals surface area contributed by atoms with E-state index in [-0.39, 0.29) is 18.1 Å². The third-order valence-corrected chi connectivity index (χ3v) is 2.52. The molecule has 0 radical (unpaired) electrons. The second kappa shape index (κ2) is 5.26. The molecule has 0 aliphatic rings. The SMILES string of the molecule is Cc1cc(C(F)(F)F)c(NCc2ccccc2)nn1. The van der Waals surface area contributed by atoms with E-state index in [1.54, 1.807) is 0 Å². The van der Waals surface area contributed by atoms with Gasteiger partial charge in [-0.1, -0.05) is 30.3 Å². The molecule has 1 aromatic carbocycles. The highest BCUT2D eigenvalue weighted by molar-refractivity contribution is 5.45. The van der Waals surface area contributed by atoms with Crippen molar-refractivity contribution in [1.82, 2.24) is 10.2 Å². The molecule has 0 unspecified atom stereocenters. The van der Waals surface area contributed by atoms with Gasteiger partial charge in [-0.05, 0) is 18.6 Å². The lowest BCUT2D eigenvalue weighted by Gasteiger charge is -2.13. The molecule has 2 aromatic rings. The number of aromatic nitrogens is 2. The van der Waals surface area contributed by atoms with Crippen LogP contribution in [0.4, 0.5) is 19.0 Å². The van der Waals surface area contributed by atoms with Gasteiger partial charge in [-0.3, -0.25) is 0 Å². The predicted octanol–water partition coefficient (Wildman–Crippen LogP) is 3.42. The highest BCUT2D eigenvalue weighted by Gasteiger charge is 2.34. The van der Waals surface area contributed by atoms with Crippen molar-refractivity contribution in [2.75, 3.05) is 5.32 Å². The van der Waals surface area contributed by atoms with Crippen LogP contribution in [0.3, 0.4) is 0 Å². The first-order valence-electron chi connectivity index (χ1n) is 5.66. The molecule has 2 rings (SSSR count). The first kappa shape index (κ1) is 13.3. The summed E-state index contributed by atoms with van der Waals surface area (Å²) in [6, 6.07) is 10.1. The van der Waals surface area contributed by atoms with Crippen molar-refractivity contribution < 1.29 is 13.2 Å². The first-order chi connectivity index (χ1) is 8.97. The Morgan fingerprint density at radius 2 is 1.79 bits per heavy atom. The minimum atomic E-state index is -4.44. The van der Waals surface area contributed by atoms with Gasteiger partial charge in [0.05, 0.1) is 5.69 Å². The molecule has 0 aliphatic heterocycles. The lowest BCUT2D eigenvalue weighted by Crippen LogP contribution is -2.13. The summed E-state index contributed by atoms with van der Waals surface area (Å²) in [6.07, 6.45) is -4.44. The third kappa shape index (κ3) is 3.43. The van der Waals surface area contributed by atoms with Crippen molar-refractivity contribution >= 4 is 5.82 Å². The maximum absolute atomic E-state index is 12.8. The minimum Gasteiger partial charge on any atom is -0.364 e. The summed E-state index contributed by atoms with van der Waals surface area (Å²) in [5.74, 6) is -0.248. The molecule has 1 aromatic heterocycles. The zero-order valence-corrected chi connectivity index (χ0v) is 10.2.